The Morgan fingerprint density at radius 1 is 1.70 bits per heavy atom. The second-order valence-corrected chi connectivity index (χ2v) is 3.95. The zero-order valence-corrected chi connectivity index (χ0v) is 7.68. The molecule has 0 saturated carbocycles. The highest BCUT2D eigenvalue weighted by Crippen LogP contribution is 2.09. The van der Waals surface area contributed by atoms with Crippen molar-refractivity contribution in [3.05, 3.63) is 15.3 Å². The van der Waals surface area contributed by atoms with Gasteiger partial charge in [-0.1, -0.05) is 23.2 Å². The number of nitrogens with zero attached hydrogens (tertiary/aromatic N) is 2. The van der Waals surface area contributed by atoms with Crippen LogP contribution in [0.15, 0.2) is 10.8 Å². The molecule has 0 N–H and O–H groups in total. The lowest BCUT2D eigenvalue weighted by molar-refractivity contribution is -0.493. The van der Waals surface area contributed by atoms with Gasteiger partial charge in [0.2, 0.25) is 0 Å². The number of halogens is 3. The molecule has 0 fully saturated rings. The molecule has 0 aliphatic heterocycles. The van der Waals surface area contributed by atoms with Crippen molar-refractivity contribution in [2.45, 2.75) is 0 Å². The third-order valence-corrected chi connectivity index (χ3v) is 1.84. The Kier molecular flexibility index (Phi) is 2.92. The molecular weight excluding hydrogens is 214 g/mol. The lowest BCUT2D eigenvalue weighted by atomic mass is 11.0. The third kappa shape index (κ3) is 2.42. The van der Waals surface area contributed by atoms with E-state index in [1.165, 1.54) is 24.1 Å². The zero-order valence-electron chi connectivity index (χ0n) is 4.59. The molecule has 0 bridgehead atoms. The van der Waals surface area contributed by atoms with Crippen molar-refractivity contribution in [2.75, 3.05) is 0 Å². The van der Waals surface area contributed by atoms with Crippen molar-refractivity contribution in [3.8, 4) is 0 Å². The van der Waals surface area contributed by atoms with Crippen LogP contribution in [0.2, 0.25) is 4.47 Å². The molecule has 0 saturated heterocycles. The first-order valence-electron chi connectivity index (χ1n) is 2.24. The van der Waals surface area contributed by atoms with Crippen molar-refractivity contribution >= 4 is 52.5 Å². The lowest BCUT2D eigenvalue weighted by Crippen LogP contribution is -2.17. The van der Waals surface area contributed by atoms with Gasteiger partial charge in [0.15, 0.2) is 0 Å². The maximum atomic E-state index is 5.52. The molecule has 0 aromatic carbocycles. The minimum atomic E-state index is 0.172. The van der Waals surface area contributed by atoms with Gasteiger partial charge in [-0.2, -0.15) is 0 Å². The van der Waals surface area contributed by atoms with E-state index in [0.29, 0.717) is 4.47 Å². The first-order valence-corrected chi connectivity index (χ1v) is 4.15. The minimum Gasteiger partial charge on any atom is -0.143 e. The maximum Gasteiger partial charge on any atom is 0.333 e. The van der Waals surface area contributed by atoms with E-state index in [1.807, 2.05) is 0 Å². The molecule has 1 rings (SSSR count). The average molecular weight is 216 g/mol. The van der Waals surface area contributed by atoms with E-state index in [-0.39, 0.29) is 4.49 Å². The van der Waals surface area contributed by atoms with Crippen LogP contribution in [0.25, 0.3) is 6.20 Å². The van der Waals surface area contributed by atoms with Gasteiger partial charge in [-0.15, -0.1) is 3.96 Å². The van der Waals surface area contributed by atoms with E-state index in [0.717, 1.165) is 0 Å². The Morgan fingerprint density at radius 3 is 2.80 bits per heavy atom. The summed E-state index contributed by atoms with van der Waals surface area (Å²) in [6.07, 6.45) is 3.03. The van der Waals surface area contributed by atoms with E-state index in [9.17, 15) is 0 Å². The molecule has 0 atom stereocenters. The van der Waals surface area contributed by atoms with Crippen LogP contribution in [0.4, 0.5) is 0 Å². The Hall–Kier alpha value is 0.170. The molecular formula is C4H2Cl3N2S+. The van der Waals surface area contributed by atoms with Crippen molar-refractivity contribution in [3.63, 3.8) is 0 Å². The summed E-state index contributed by atoms with van der Waals surface area (Å²) in [5.41, 5.74) is 0. The molecule has 0 aliphatic rings. The molecule has 6 heteroatoms. The van der Waals surface area contributed by atoms with Gasteiger partial charge >= 0.3 is 10.8 Å². The van der Waals surface area contributed by atoms with Gasteiger partial charge in [0.05, 0.1) is 0 Å². The quantitative estimate of drug-likeness (QED) is 0.659. The van der Waals surface area contributed by atoms with Crippen molar-refractivity contribution in [1.82, 2.24) is 4.98 Å². The molecule has 1 heterocycles. The summed E-state index contributed by atoms with van der Waals surface area (Å²) >= 11 is 17.5. The van der Waals surface area contributed by atoms with Gasteiger partial charge in [-0.25, -0.2) is 0 Å². The van der Waals surface area contributed by atoms with Gasteiger partial charge in [0.25, 0.3) is 0 Å². The standard InChI is InChI=1S/C4H2Cl3N2S/c5-3(6)1-9-2-8-4(7)10-9/h1-2H/q+1. The molecule has 54 valence electrons. The zero-order chi connectivity index (χ0) is 7.56. The number of aromatic nitrogens is 2. The summed E-state index contributed by atoms with van der Waals surface area (Å²) in [5, 5.41) is 0. The summed E-state index contributed by atoms with van der Waals surface area (Å²) in [6, 6.07) is 0. The highest BCUT2D eigenvalue weighted by Gasteiger charge is 2.04. The molecule has 1 aromatic rings. The highest BCUT2D eigenvalue weighted by molar-refractivity contribution is 7.06. The first-order chi connectivity index (χ1) is 4.68. The molecule has 0 amide bonds. The number of hydrogen-bond donors (Lipinski definition) is 0. The predicted molar refractivity (Wildman–Crippen MR) is 43.3 cm³/mol. The van der Waals surface area contributed by atoms with Gasteiger partial charge in [-0.3, -0.25) is 0 Å². The van der Waals surface area contributed by atoms with Crippen LogP contribution in [0, 0.1) is 0 Å². The molecule has 0 aliphatic carbocycles. The van der Waals surface area contributed by atoms with E-state index in [1.54, 1.807) is 3.96 Å². The Labute approximate surface area is 76.8 Å². The molecule has 0 spiro atoms. The fourth-order valence-electron chi connectivity index (χ4n) is 0.392. The van der Waals surface area contributed by atoms with E-state index in [4.69, 9.17) is 34.8 Å². The third-order valence-electron chi connectivity index (χ3n) is 0.679. The van der Waals surface area contributed by atoms with Crippen LogP contribution < -0.4 is 3.96 Å². The maximum absolute atomic E-state index is 5.52. The van der Waals surface area contributed by atoms with Crippen LogP contribution in [-0.4, -0.2) is 4.98 Å². The van der Waals surface area contributed by atoms with Gasteiger partial charge in [0.1, 0.15) is 22.2 Å². The van der Waals surface area contributed by atoms with Crippen LogP contribution in [0.5, 0.6) is 0 Å². The van der Waals surface area contributed by atoms with Crippen molar-refractivity contribution < 1.29 is 3.96 Å². The normalized spacial score (nSPS) is 9.50. The van der Waals surface area contributed by atoms with E-state index < -0.39 is 0 Å². The van der Waals surface area contributed by atoms with Crippen molar-refractivity contribution in [2.24, 2.45) is 0 Å². The number of hydrogen-bond acceptors (Lipinski definition) is 2. The fraction of sp³-hybridized carbons (Fsp3) is 0. The molecule has 10 heavy (non-hydrogen) atoms. The second-order valence-electron chi connectivity index (χ2n) is 1.37. The number of rotatable bonds is 1. The molecule has 0 unspecified atom stereocenters. The average Bonchev–Trinajstić information content (AvgIpc) is 2.13. The summed E-state index contributed by atoms with van der Waals surface area (Å²) in [5.74, 6) is 0. The summed E-state index contributed by atoms with van der Waals surface area (Å²) in [6.45, 7) is 0. The largest absolute Gasteiger partial charge is 0.333 e. The minimum absolute atomic E-state index is 0.172. The van der Waals surface area contributed by atoms with E-state index >= 15 is 0 Å². The summed E-state index contributed by atoms with van der Waals surface area (Å²) in [4.78, 5) is 3.75. The van der Waals surface area contributed by atoms with Crippen LogP contribution in [0.3, 0.4) is 0 Å². The second kappa shape index (κ2) is 3.53. The van der Waals surface area contributed by atoms with Gasteiger partial charge in [0, 0.05) is 0 Å². The van der Waals surface area contributed by atoms with Gasteiger partial charge < -0.3 is 0 Å². The summed E-state index contributed by atoms with van der Waals surface area (Å²) < 4.78 is 2.23. The topological polar surface area (TPSA) is 16.8 Å². The van der Waals surface area contributed by atoms with Crippen LogP contribution in [-0.2, 0) is 0 Å². The molecule has 1 aromatic heterocycles. The SMILES string of the molecule is ClC(Cl)=C[n+]1cnc(Cl)s1. The van der Waals surface area contributed by atoms with Crippen LogP contribution in [0.1, 0.15) is 0 Å². The smallest absolute Gasteiger partial charge is 0.143 e. The summed E-state index contributed by atoms with van der Waals surface area (Å²) in [7, 11) is 0. The fourth-order valence-corrected chi connectivity index (χ4v) is 1.52. The lowest BCUT2D eigenvalue weighted by Gasteiger charge is -1.76. The Bertz CT molecular complexity index is 253. The monoisotopic (exact) mass is 215 g/mol. The van der Waals surface area contributed by atoms with Gasteiger partial charge in [-0.05, 0) is 16.6 Å². The van der Waals surface area contributed by atoms with Crippen molar-refractivity contribution in [1.29, 1.82) is 0 Å². The first kappa shape index (κ1) is 8.27. The Balaban J connectivity index is 2.86. The predicted octanol–water partition coefficient (Wildman–Crippen LogP) is 2.32. The van der Waals surface area contributed by atoms with E-state index in [2.05, 4.69) is 4.98 Å². The molecule has 2 nitrogen and oxygen atoms in total. The Morgan fingerprint density at radius 2 is 2.40 bits per heavy atom. The van der Waals surface area contributed by atoms with Crippen LogP contribution >= 0.6 is 46.3 Å². The highest BCUT2D eigenvalue weighted by atomic mass is 35.5. The molecule has 0 radical (unpaired) electrons.